The fraction of sp³-hybridized carbons (Fsp3) is 0.389. The molecule has 3 rings (SSSR count). The Morgan fingerprint density at radius 1 is 1.32 bits per heavy atom. The number of rotatable bonds is 6. The van der Waals surface area contributed by atoms with Crippen molar-refractivity contribution in [1.82, 2.24) is 15.4 Å². The first kappa shape index (κ1) is 20.2. The van der Waals surface area contributed by atoms with E-state index in [1.165, 1.54) is 11.8 Å². The molecule has 0 unspecified atom stereocenters. The molecular weight excluding hydrogens is 380 g/mol. The van der Waals surface area contributed by atoms with E-state index in [4.69, 9.17) is 15.2 Å². The Hall–Kier alpha value is -2.56. The van der Waals surface area contributed by atoms with Crippen LogP contribution in [0.25, 0.3) is 0 Å². The van der Waals surface area contributed by atoms with Gasteiger partial charge in [-0.25, -0.2) is 15.2 Å². The summed E-state index contributed by atoms with van der Waals surface area (Å²) >= 11 is 1.45. The Kier molecular flexibility index (Phi) is 6.22. The number of ether oxygens (including phenoxy) is 2. The highest BCUT2D eigenvalue weighted by molar-refractivity contribution is 7.98. The van der Waals surface area contributed by atoms with Crippen molar-refractivity contribution in [2.45, 2.75) is 38.4 Å². The summed E-state index contributed by atoms with van der Waals surface area (Å²) < 4.78 is 11.0. The molecule has 2 heterocycles. The maximum atomic E-state index is 12.6. The maximum absolute atomic E-state index is 12.6. The first-order valence-corrected chi connectivity index (χ1v) is 9.99. The summed E-state index contributed by atoms with van der Waals surface area (Å²) in [7, 11) is 0. The Balaban J connectivity index is 1.81. The number of urea groups is 1. The first-order chi connectivity index (χ1) is 13.4. The minimum atomic E-state index is -0.484. The molecule has 1 fully saturated rings. The van der Waals surface area contributed by atoms with E-state index < -0.39 is 12.3 Å². The maximum Gasteiger partial charge on any atom is 0.338 e. The normalized spacial score (nSPS) is 18.3. The van der Waals surface area contributed by atoms with Crippen molar-refractivity contribution in [3.63, 3.8) is 0 Å². The third kappa shape index (κ3) is 4.83. The predicted molar refractivity (Wildman–Crippen MR) is 109 cm³/mol. The van der Waals surface area contributed by atoms with Gasteiger partial charge in [-0.15, -0.1) is 11.8 Å². The van der Waals surface area contributed by atoms with Gasteiger partial charge in [-0.2, -0.15) is 4.98 Å². The summed E-state index contributed by atoms with van der Waals surface area (Å²) in [5.74, 6) is 0.614. The monoisotopic (exact) mass is 404 g/mol. The molecule has 0 radical (unpaired) electrons. The number of nitrogens with one attached hydrogen (secondary N) is 2. The van der Waals surface area contributed by atoms with E-state index in [2.05, 4.69) is 20.7 Å². The lowest BCUT2D eigenvalue weighted by molar-refractivity contribution is -0.371. The molecule has 10 heteroatoms. The topological polar surface area (TPSA) is 115 Å². The van der Waals surface area contributed by atoms with Crippen LogP contribution in [0, 0.1) is 13.8 Å². The zero-order valence-electron chi connectivity index (χ0n) is 16.2. The molecule has 0 aliphatic carbocycles. The third-order valence-electron chi connectivity index (χ3n) is 4.07. The van der Waals surface area contributed by atoms with E-state index in [1.54, 1.807) is 11.9 Å². The molecular formula is C18H24N6O3S. The number of thioether (sulfide) groups is 1. The van der Waals surface area contributed by atoms with Crippen LogP contribution in [0.4, 0.5) is 22.2 Å². The molecule has 0 atom stereocenters. The molecule has 0 saturated carbocycles. The highest BCUT2D eigenvalue weighted by Gasteiger charge is 2.31. The summed E-state index contributed by atoms with van der Waals surface area (Å²) in [6.45, 7) is 5.88. The van der Waals surface area contributed by atoms with Gasteiger partial charge in [0.1, 0.15) is 5.03 Å². The molecule has 0 spiro atoms. The van der Waals surface area contributed by atoms with Crippen molar-refractivity contribution in [2.75, 3.05) is 28.9 Å². The molecule has 1 saturated heterocycles. The Labute approximate surface area is 168 Å². The fourth-order valence-electron chi connectivity index (χ4n) is 2.82. The van der Waals surface area contributed by atoms with Crippen LogP contribution in [0.5, 0.6) is 0 Å². The second kappa shape index (κ2) is 8.63. The molecule has 150 valence electrons. The molecule has 2 amide bonds. The number of nitrogens with two attached hydrogens (primary N) is 1. The number of benzene rings is 1. The minimum Gasteiger partial charge on any atom is -0.368 e. The van der Waals surface area contributed by atoms with Crippen LogP contribution in [0.15, 0.2) is 29.3 Å². The number of anilines is 3. The van der Waals surface area contributed by atoms with Crippen LogP contribution in [0.2, 0.25) is 0 Å². The fourth-order valence-corrected chi connectivity index (χ4v) is 3.41. The second-order valence-electron chi connectivity index (χ2n) is 6.36. The van der Waals surface area contributed by atoms with Crippen LogP contribution >= 0.6 is 11.8 Å². The van der Waals surface area contributed by atoms with Gasteiger partial charge in [-0.1, -0.05) is 12.1 Å². The number of aryl methyl sites for hydroxylation is 1. The lowest BCUT2D eigenvalue weighted by atomic mass is 10.2. The SMILES string of the molecule is CSc1nc(N)nc(N(CC2OC(C)O2)NC(=O)Nc2cccc(C)c2)c1C. The number of nitrogens with zero attached hydrogens (tertiary/aromatic N) is 3. The Bertz CT molecular complexity index is 859. The van der Waals surface area contributed by atoms with Crippen molar-refractivity contribution in [3.05, 3.63) is 35.4 Å². The van der Waals surface area contributed by atoms with Gasteiger partial charge < -0.3 is 20.5 Å². The largest absolute Gasteiger partial charge is 0.368 e. The second-order valence-corrected chi connectivity index (χ2v) is 7.15. The molecule has 1 aliphatic heterocycles. The summed E-state index contributed by atoms with van der Waals surface area (Å²) in [5, 5.41) is 5.11. The molecule has 1 aromatic carbocycles. The van der Waals surface area contributed by atoms with Gasteiger partial charge in [0.05, 0.1) is 6.54 Å². The molecule has 1 aliphatic rings. The number of carbonyl (C=O) groups is 1. The zero-order chi connectivity index (χ0) is 20.3. The summed E-state index contributed by atoms with van der Waals surface area (Å²) in [4.78, 5) is 21.1. The number of hydrogen-bond donors (Lipinski definition) is 3. The van der Waals surface area contributed by atoms with Gasteiger partial charge in [-0.05, 0) is 44.7 Å². The lowest BCUT2D eigenvalue weighted by Gasteiger charge is -2.37. The number of nitrogen functional groups attached to an aromatic ring is 1. The Morgan fingerprint density at radius 3 is 2.71 bits per heavy atom. The van der Waals surface area contributed by atoms with Crippen LogP contribution in [-0.2, 0) is 9.47 Å². The molecule has 9 nitrogen and oxygen atoms in total. The standard InChI is InChI=1S/C18H24N6O3S/c1-10-6-5-7-13(8-10)20-18(25)23-24(9-14-26-12(3)27-14)15-11(2)16(28-4)22-17(19)21-15/h5-8,12,14H,9H2,1-4H3,(H2,19,21,22)(H2,20,23,25). The first-order valence-electron chi connectivity index (χ1n) is 8.76. The smallest absolute Gasteiger partial charge is 0.338 e. The van der Waals surface area contributed by atoms with Gasteiger partial charge in [0.25, 0.3) is 0 Å². The van der Waals surface area contributed by atoms with Crippen molar-refractivity contribution in [3.8, 4) is 0 Å². The van der Waals surface area contributed by atoms with Gasteiger partial charge in [0, 0.05) is 11.3 Å². The number of amides is 2. The van der Waals surface area contributed by atoms with E-state index in [0.29, 0.717) is 11.5 Å². The van der Waals surface area contributed by atoms with Gasteiger partial charge >= 0.3 is 6.03 Å². The highest BCUT2D eigenvalue weighted by Crippen LogP contribution is 2.27. The van der Waals surface area contributed by atoms with E-state index in [9.17, 15) is 4.79 Å². The van der Waals surface area contributed by atoms with Gasteiger partial charge in [0.2, 0.25) is 5.95 Å². The van der Waals surface area contributed by atoms with Crippen LogP contribution in [0.3, 0.4) is 0 Å². The number of hydrazine groups is 1. The van der Waals surface area contributed by atoms with Crippen LogP contribution in [0.1, 0.15) is 18.1 Å². The minimum absolute atomic E-state index is 0.125. The number of carbonyl (C=O) groups excluding carboxylic acids is 1. The van der Waals surface area contributed by atoms with Crippen molar-refractivity contribution >= 4 is 35.2 Å². The van der Waals surface area contributed by atoms with E-state index in [-0.39, 0.29) is 18.8 Å². The third-order valence-corrected chi connectivity index (χ3v) is 4.86. The van der Waals surface area contributed by atoms with Gasteiger partial charge in [0.15, 0.2) is 18.4 Å². The average Bonchev–Trinajstić information content (AvgIpc) is 2.61. The summed E-state index contributed by atoms with van der Waals surface area (Å²) in [5.41, 5.74) is 11.2. The van der Waals surface area contributed by atoms with E-state index >= 15 is 0 Å². The Morgan fingerprint density at radius 2 is 2.07 bits per heavy atom. The van der Waals surface area contributed by atoms with Gasteiger partial charge in [-0.3, -0.25) is 5.01 Å². The van der Waals surface area contributed by atoms with Crippen molar-refractivity contribution in [2.24, 2.45) is 0 Å². The van der Waals surface area contributed by atoms with Crippen molar-refractivity contribution < 1.29 is 14.3 Å². The molecule has 4 N–H and O–H groups in total. The predicted octanol–water partition coefficient (Wildman–Crippen LogP) is 2.66. The lowest BCUT2D eigenvalue weighted by Crippen LogP contribution is -2.54. The number of aromatic nitrogens is 2. The average molecular weight is 404 g/mol. The molecule has 1 aromatic heterocycles. The van der Waals surface area contributed by atoms with Crippen LogP contribution < -0.4 is 21.5 Å². The van der Waals surface area contributed by atoms with Crippen LogP contribution in [-0.4, -0.2) is 41.4 Å². The molecule has 28 heavy (non-hydrogen) atoms. The quantitative estimate of drug-likeness (QED) is 0.382. The van der Waals surface area contributed by atoms with Crippen molar-refractivity contribution in [1.29, 1.82) is 0 Å². The molecule has 0 bridgehead atoms. The summed E-state index contributed by atoms with van der Waals surface area (Å²) in [6.07, 6.45) is 1.15. The summed E-state index contributed by atoms with van der Waals surface area (Å²) in [6, 6.07) is 7.11. The van der Waals surface area contributed by atoms with E-state index in [0.717, 1.165) is 16.2 Å². The molecule has 2 aromatic rings. The highest BCUT2D eigenvalue weighted by atomic mass is 32.2. The number of hydrogen-bond acceptors (Lipinski definition) is 8. The van der Waals surface area contributed by atoms with E-state index in [1.807, 2.05) is 44.4 Å². The zero-order valence-corrected chi connectivity index (χ0v) is 17.0.